The minimum Gasteiger partial charge on any atom is -0.305 e. The van der Waals surface area contributed by atoms with Gasteiger partial charge in [-0.2, -0.15) is 5.10 Å². The van der Waals surface area contributed by atoms with Crippen LogP contribution in [-0.4, -0.2) is 24.5 Å². The average molecular weight is 347 g/mol. The molecule has 0 saturated heterocycles. The summed E-state index contributed by atoms with van der Waals surface area (Å²) in [5, 5.41) is 14.2. The molecule has 2 aliphatic rings. The lowest BCUT2D eigenvalue weighted by molar-refractivity contribution is 0.464. The Kier molecular flexibility index (Phi) is 3.69. The molecule has 1 saturated carbocycles. The van der Waals surface area contributed by atoms with Crippen LogP contribution in [0.5, 0.6) is 0 Å². The molecule has 1 aliphatic carbocycles. The minimum absolute atomic E-state index is 0.523. The number of rotatable bonds is 3. The zero-order valence-electron chi connectivity index (χ0n) is 15.6. The maximum atomic E-state index is 5.02. The molecule has 0 spiro atoms. The van der Waals surface area contributed by atoms with Crippen molar-refractivity contribution in [3.63, 3.8) is 0 Å². The van der Waals surface area contributed by atoms with Gasteiger partial charge in [0, 0.05) is 17.7 Å². The monoisotopic (exact) mass is 347 g/mol. The molecule has 0 bridgehead atoms. The Labute approximate surface area is 154 Å². The van der Waals surface area contributed by atoms with Crippen LogP contribution in [0.25, 0.3) is 22.9 Å². The number of hydrogen-bond donors (Lipinski definition) is 0. The molecule has 1 fully saturated rings. The first-order valence-corrected chi connectivity index (χ1v) is 9.87. The lowest BCUT2D eigenvalue weighted by Crippen LogP contribution is -2.16. The molecule has 134 valence electrons. The summed E-state index contributed by atoms with van der Waals surface area (Å²) in [4.78, 5) is 0. The molecule has 3 aromatic rings. The minimum atomic E-state index is 0.523. The number of fused-ring (bicyclic) bond motifs is 3. The molecule has 5 rings (SSSR count). The van der Waals surface area contributed by atoms with E-state index in [-0.39, 0.29) is 0 Å². The number of aryl methyl sites for hydroxylation is 2. The van der Waals surface area contributed by atoms with Crippen LogP contribution in [0.15, 0.2) is 24.3 Å². The van der Waals surface area contributed by atoms with Crippen molar-refractivity contribution in [1.29, 1.82) is 0 Å². The summed E-state index contributed by atoms with van der Waals surface area (Å²) in [6.07, 6.45) is 7.09. The van der Waals surface area contributed by atoms with Gasteiger partial charge in [-0.3, -0.25) is 4.68 Å². The molecule has 2 aromatic heterocycles. The van der Waals surface area contributed by atoms with Crippen LogP contribution in [-0.2, 0) is 19.4 Å². The fraction of sp³-hybridized carbons (Fsp3) is 0.476. The highest BCUT2D eigenvalue weighted by Gasteiger charge is 2.32. The summed E-state index contributed by atoms with van der Waals surface area (Å²) < 4.78 is 4.58. The lowest BCUT2D eigenvalue weighted by Gasteiger charge is -2.20. The van der Waals surface area contributed by atoms with Gasteiger partial charge in [0.15, 0.2) is 11.6 Å². The van der Waals surface area contributed by atoms with Crippen molar-refractivity contribution < 1.29 is 0 Å². The van der Waals surface area contributed by atoms with E-state index in [0.717, 1.165) is 36.6 Å². The van der Waals surface area contributed by atoms with Gasteiger partial charge in [0.05, 0.1) is 11.7 Å². The quantitative estimate of drug-likeness (QED) is 0.708. The third-order valence-corrected chi connectivity index (χ3v) is 5.95. The van der Waals surface area contributed by atoms with Crippen molar-refractivity contribution in [3.05, 3.63) is 41.1 Å². The van der Waals surface area contributed by atoms with Crippen molar-refractivity contribution in [2.24, 2.45) is 0 Å². The first-order valence-electron chi connectivity index (χ1n) is 9.87. The molecular formula is C21H25N5. The van der Waals surface area contributed by atoms with Gasteiger partial charge < -0.3 is 4.57 Å². The standard InChI is InChI=1S/C21H25N5/c1-3-18-17-12-13-25-20(15-10-8-14(2)9-11-15)22-23-21(25)19(17)26(24-18)16-6-4-5-7-16/h8-11,16H,3-7,12-13H2,1-2H3. The first-order chi connectivity index (χ1) is 12.8. The Morgan fingerprint density at radius 1 is 1.04 bits per heavy atom. The van der Waals surface area contributed by atoms with Crippen LogP contribution in [0, 0.1) is 6.92 Å². The Morgan fingerprint density at radius 2 is 1.77 bits per heavy atom. The summed E-state index contributed by atoms with van der Waals surface area (Å²) in [6, 6.07) is 9.10. The van der Waals surface area contributed by atoms with Gasteiger partial charge in [-0.25, -0.2) is 0 Å². The van der Waals surface area contributed by atoms with Crippen LogP contribution in [0.3, 0.4) is 0 Å². The number of aromatic nitrogens is 5. The highest BCUT2D eigenvalue weighted by Crippen LogP contribution is 2.39. The molecular weight excluding hydrogens is 322 g/mol. The van der Waals surface area contributed by atoms with Gasteiger partial charge in [-0.1, -0.05) is 49.6 Å². The predicted octanol–water partition coefficient (Wildman–Crippen LogP) is 4.35. The van der Waals surface area contributed by atoms with E-state index in [4.69, 9.17) is 5.10 Å². The number of hydrogen-bond acceptors (Lipinski definition) is 3. The fourth-order valence-electron chi connectivity index (χ4n) is 4.54. The van der Waals surface area contributed by atoms with Crippen LogP contribution in [0.2, 0.25) is 0 Å². The SMILES string of the molecule is CCc1nn(C2CCCC2)c2c1CCn1c(-c3ccc(C)cc3)nnc1-2. The van der Waals surface area contributed by atoms with Gasteiger partial charge in [-0.05, 0) is 32.6 Å². The number of nitrogens with zero attached hydrogens (tertiary/aromatic N) is 5. The van der Waals surface area contributed by atoms with Gasteiger partial charge in [0.1, 0.15) is 5.69 Å². The van der Waals surface area contributed by atoms with Crippen molar-refractivity contribution in [2.45, 2.75) is 65.0 Å². The Bertz CT molecular complexity index is 942. The third kappa shape index (κ3) is 2.33. The van der Waals surface area contributed by atoms with E-state index in [1.54, 1.807) is 0 Å². The maximum absolute atomic E-state index is 5.02. The summed E-state index contributed by atoms with van der Waals surface area (Å²) in [7, 11) is 0. The topological polar surface area (TPSA) is 48.5 Å². The molecule has 0 unspecified atom stereocenters. The lowest BCUT2D eigenvalue weighted by atomic mass is 10.0. The molecule has 26 heavy (non-hydrogen) atoms. The Hall–Kier alpha value is -2.43. The Morgan fingerprint density at radius 3 is 2.50 bits per heavy atom. The smallest absolute Gasteiger partial charge is 0.182 e. The van der Waals surface area contributed by atoms with E-state index in [2.05, 4.69) is 57.6 Å². The van der Waals surface area contributed by atoms with E-state index >= 15 is 0 Å². The average Bonchev–Trinajstić information content (AvgIpc) is 3.39. The van der Waals surface area contributed by atoms with Crippen LogP contribution in [0.4, 0.5) is 0 Å². The molecule has 0 radical (unpaired) electrons. The molecule has 0 N–H and O–H groups in total. The van der Waals surface area contributed by atoms with Crippen molar-refractivity contribution in [3.8, 4) is 22.9 Å². The largest absolute Gasteiger partial charge is 0.305 e. The van der Waals surface area contributed by atoms with Crippen molar-refractivity contribution in [1.82, 2.24) is 24.5 Å². The summed E-state index contributed by atoms with van der Waals surface area (Å²) in [5.74, 6) is 1.98. The molecule has 0 amide bonds. The van der Waals surface area contributed by atoms with E-state index in [1.807, 2.05) is 0 Å². The van der Waals surface area contributed by atoms with Crippen LogP contribution in [0.1, 0.15) is 55.5 Å². The van der Waals surface area contributed by atoms with E-state index in [0.29, 0.717) is 6.04 Å². The first kappa shape index (κ1) is 15.8. The van der Waals surface area contributed by atoms with Crippen LogP contribution < -0.4 is 0 Å². The predicted molar refractivity (Wildman–Crippen MR) is 102 cm³/mol. The van der Waals surface area contributed by atoms with Gasteiger partial charge in [0.2, 0.25) is 0 Å². The highest BCUT2D eigenvalue weighted by molar-refractivity contribution is 5.65. The highest BCUT2D eigenvalue weighted by atomic mass is 15.4. The summed E-state index contributed by atoms with van der Waals surface area (Å²) >= 11 is 0. The molecule has 5 nitrogen and oxygen atoms in total. The third-order valence-electron chi connectivity index (χ3n) is 5.95. The normalized spacial score (nSPS) is 16.7. The zero-order chi connectivity index (χ0) is 17.7. The van der Waals surface area contributed by atoms with Crippen LogP contribution >= 0.6 is 0 Å². The molecule has 5 heteroatoms. The van der Waals surface area contributed by atoms with E-state index < -0.39 is 0 Å². The van der Waals surface area contributed by atoms with Crippen molar-refractivity contribution in [2.75, 3.05) is 0 Å². The zero-order valence-corrected chi connectivity index (χ0v) is 15.6. The van der Waals surface area contributed by atoms with Crippen molar-refractivity contribution >= 4 is 0 Å². The second-order valence-corrected chi connectivity index (χ2v) is 7.63. The molecule has 0 atom stereocenters. The van der Waals surface area contributed by atoms with Gasteiger partial charge in [-0.15, -0.1) is 10.2 Å². The van der Waals surface area contributed by atoms with E-state index in [9.17, 15) is 0 Å². The Balaban J connectivity index is 1.65. The van der Waals surface area contributed by atoms with E-state index in [1.165, 1.54) is 48.2 Å². The van der Waals surface area contributed by atoms with Gasteiger partial charge in [0.25, 0.3) is 0 Å². The fourth-order valence-corrected chi connectivity index (χ4v) is 4.54. The summed E-state index contributed by atoms with van der Waals surface area (Å²) in [6.45, 7) is 5.25. The second-order valence-electron chi connectivity index (χ2n) is 7.63. The molecule has 1 aliphatic heterocycles. The number of benzene rings is 1. The molecule has 1 aromatic carbocycles. The van der Waals surface area contributed by atoms with Gasteiger partial charge >= 0.3 is 0 Å². The summed E-state index contributed by atoms with van der Waals surface area (Å²) in [5.41, 5.74) is 6.28. The second kappa shape index (κ2) is 6.08. The molecule has 3 heterocycles. The maximum Gasteiger partial charge on any atom is 0.182 e.